The summed E-state index contributed by atoms with van der Waals surface area (Å²) < 4.78 is 0. The highest BCUT2D eigenvalue weighted by Gasteiger charge is 2.39. The summed E-state index contributed by atoms with van der Waals surface area (Å²) in [6, 6.07) is 0. The Hall–Kier alpha value is -0.570. The Bertz CT molecular complexity index is 261. The number of rotatable bonds is 1. The van der Waals surface area contributed by atoms with Crippen molar-refractivity contribution in [3.8, 4) is 0 Å². The first kappa shape index (κ1) is 10.6. The number of nitrogens with one attached hydrogen (secondary N) is 1. The van der Waals surface area contributed by atoms with Gasteiger partial charge in [-0.2, -0.15) is 0 Å². The van der Waals surface area contributed by atoms with Crippen LogP contribution in [-0.4, -0.2) is 37.0 Å². The molecule has 3 fully saturated rings. The molecule has 0 aromatic carbocycles. The molecule has 0 bridgehead atoms. The SMILES string of the molecule is O=C([C@H]1CCCNC1)N1CC2CCCC2C1. The number of likely N-dealkylation sites (tertiary alicyclic amines) is 1. The molecule has 1 N–H and O–H groups in total. The minimum atomic E-state index is 0.271. The second kappa shape index (κ2) is 4.36. The van der Waals surface area contributed by atoms with Crippen molar-refractivity contribution in [2.45, 2.75) is 32.1 Å². The first-order chi connectivity index (χ1) is 7.84. The van der Waals surface area contributed by atoms with E-state index in [1.54, 1.807) is 0 Å². The summed E-state index contributed by atoms with van der Waals surface area (Å²) in [6.07, 6.45) is 6.37. The summed E-state index contributed by atoms with van der Waals surface area (Å²) in [6.45, 7) is 4.11. The molecular weight excluding hydrogens is 200 g/mol. The summed E-state index contributed by atoms with van der Waals surface area (Å²) in [7, 11) is 0. The third-order valence-corrected chi connectivity index (χ3v) is 4.68. The second-order valence-corrected chi connectivity index (χ2v) is 5.74. The van der Waals surface area contributed by atoms with Crippen molar-refractivity contribution >= 4 is 5.91 Å². The van der Waals surface area contributed by atoms with Crippen molar-refractivity contribution in [1.82, 2.24) is 10.2 Å². The molecule has 90 valence electrons. The van der Waals surface area contributed by atoms with Crippen molar-refractivity contribution in [3.63, 3.8) is 0 Å². The topological polar surface area (TPSA) is 32.3 Å². The number of hydrogen-bond donors (Lipinski definition) is 1. The number of hydrogen-bond acceptors (Lipinski definition) is 2. The number of piperidine rings is 1. The quantitative estimate of drug-likeness (QED) is 0.724. The molecule has 2 heterocycles. The summed E-state index contributed by atoms with van der Waals surface area (Å²) in [5, 5.41) is 3.34. The van der Waals surface area contributed by atoms with Crippen LogP contribution in [-0.2, 0) is 4.79 Å². The Morgan fingerprint density at radius 2 is 1.81 bits per heavy atom. The number of fused-ring (bicyclic) bond motifs is 1. The Balaban J connectivity index is 1.59. The Labute approximate surface area is 97.6 Å². The van der Waals surface area contributed by atoms with Crippen molar-refractivity contribution < 1.29 is 4.79 Å². The van der Waals surface area contributed by atoms with E-state index in [0.29, 0.717) is 5.91 Å². The zero-order valence-electron chi connectivity index (χ0n) is 9.95. The lowest BCUT2D eigenvalue weighted by molar-refractivity contribution is -0.135. The minimum absolute atomic E-state index is 0.271. The summed E-state index contributed by atoms with van der Waals surface area (Å²) in [4.78, 5) is 14.5. The Morgan fingerprint density at radius 1 is 1.06 bits per heavy atom. The van der Waals surface area contributed by atoms with E-state index in [1.807, 2.05) is 0 Å². The van der Waals surface area contributed by atoms with Gasteiger partial charge in [-0.05, 0) is 44.1 Å². The van der Waals surface area contributed by atoms with E-state index in [-0.39, 0.29) is 5.92 Å². The molecule has 1 aliphatic carbocycles. The van der Waals surface area contributed by atoms with Crippen LogP contribution in [0.2, 0.25) is 0 Å². The first-order valence-electron chi connectivity index (χ1n) is 6.84. The Morgan fingerprint density at radius 3 is 2.44 bits per heavy atom. The smallest absolute Gasteiger partial charge is 0.226 e. The van der Waals surface area contributed by atoms with E-state index >= 15 is 0 Å². The highest BCUT2D eigenvalue weighted by atomic mass is 16.2. The fraction of sp³-hybridized carbons (Fsp3) is 0.923. The predicted molar refractivity (Wildman–Crippen MR) is 63.0 cm³/mol. The summed E-state index contributed by atoms with van der Waals surface area (Å²) >= 11 is 0. The van der Waals surface area contributed by atoms with E-state index in [1.165, 1.54) is 19.3 Å². The van der Waals surface area contributed by atoms with Crippen LogP contribution in [0.3, 0.4) is 0 Å². The molecule has 0 aromatic heterocycles. The third kappa shape index (κ3) is 1.86. The number of nitrogens with zero attached hydrogens (tertiary/aromatic N) is 1. The molecule has 0 radical (unpaired) electrons. The average Bonchev–Trinajstić information content (AvgIpc) is 2.89. The molecule has 3 aliphatic rings. The molecule has 2 unspecified atom stereocenters. The van der Waals surface area contributed by atoms with Crippen molar-refractivity contribution in [2.24, 2.45) is 17.8 Å². The molecule has 1 saturated carbocycles. The van der Waals surface area contributed by atoms with Crippen LogP contribution in [0.5, 0.6) is 0 Å². The lowest BCUT2D eigenvalue weighted by atomic mass is 9.98. The van der Waals surface area contributed by atoms with Crippen molar-refractivity contribution in [3.05, 3.63) is 0 Å². The van der Waals surface area contributed by atoms with Gasteiger partial charge < -0.3 is 10.2 Å². The normalized spacial score (nSPS) is 38.8. The largest absolute Gasteiger partial charge is 0.342 e. The van der Waals surface area contributed by atoms with E-state index in [2.05, 4.69) is 10.2 Å². The fourth-order valence-electron chi connectivity index (χ4n) is 3.74. The molecule has 16 heavy (non-hydrogen) atoms. The number of carbonyl (C=O) groups is 1. The van der Waals surface area contributed by atoms with Gasteiger partial charge >= 0.3 is 0 Å². The average molecular weight is 222 g/mol. The van der Waals surface area contributed by atoms with Gasteiger partial charge in [-0.1, -0.05) is 6.42 Å². The molecular formula is C13H22N2O. The summed E-state index contributed by atoms with van der Waals surface area (Å²) in [5.74, 6) is 2.37. The zero-order valence-corrected chi connectivity index (χ0v) is 9.95. The number of amides is 1. The zero-order chi connectivity index (χ0) is 11.0. The monoisotopic (exact) mass is 222 g/mol. The molecule has 3 rings (SSSR count). The molecule has 2 saturated heterocycles. The van der Waals surface area contributed by atoms with Crippen LogP contribution in [0, 0.1) is 17.8 Å². The molecule has 2 aliphatic heterocycles. The van der Waals surface area contributed by atoms with Crippen LogP contribution in [0.4, 0.5) is 0 Å². The first-order valence-corrected chi connectivity index (χ1v) is 6.84. The van der Waals surface area contributed by atoms with Crippen LogP contribution < -0.4 is 5.32 Å². The van der Waals surface area contributed by atoms with Crippen molar-refractivity contribution in [2.75, 3.05) is 26.2 Å². The molecule has 3 atom stereocenters. The maximum Gasteiger partial charge on any atom is 0.226 e. The van der Waals surface area contributed by atoms with Gasteiger partial charge in [-0.15, -0.1) is 0 Å². The van der Waals surface area contributed by atoms with Gasteiger partial charge in [0, 0.05) is 19.6 Å². The van der Waals surface area contributed by atoms with E-state index < -0.39 is 0 Å². The standard InChI is InChI=1S/C13H22N2O/c16-13(10-5-2-6-14-7-10)15-8-11-3-1-4-12(11)9-15/h10-12,14H,1-9H2/t10-,11?,12?/m0/s1. The van der Waals surface area contributed by atoms with Gasteiger partial charge in [-0.25, -0.2) is 0 Å². The minimum Gasteiger partial charge on any atom is -0.342 e. The van der Waals surface area contributed by atoms with E-state index in [0.717, 1.165) is 50.9 Å². The molecule has 1 amide bonds. The highest BCUT2D eigenvalue weighted by molar-refractivity contribution is 5.79. The predicted octanol–water partition coefficient (Wildman–Crippen LogP) is 1.24. The lowest BCUT2D eigenvalue weighted by Gasteiger charge is -2.27. The van der Waals surface area contributed by atoms with Gasteiger partial charge in [0.1, 0.15) is 0 Å². The molecule has 3 heteroatoms. The van der Waals surface area contributed by atoms with Crippen molar-refractivity contribution in [1.29, 1.82) is 0 Å². The highest BCUT2D eigenvalue weighted by Crippen LogP contribution is 2.38. The van der Waals surface area contributed by atoms with Crippen LogP contribution in [0.15, 0.2) is 0 Å². The van der Waals surface area contributed by atoms with E-state index in [4.69, 9.17) is 0 Å². The molecule has 0 spiro atoms. The maximum absolute atomic E-state index is 12.3. The van der Waals surface area contributed by atoms with Crippen LogP contribution in [0.1, 0.15) is 32.1 Å². The maximum atomic E-state index is 12.3. The third-order valence-electron chi connectivity index (χ3n) is 4.68. The molecule has 3 nitrogen and oxygen atoms in total. The van der Waals surface area contributed by atoms with Gasteiger partial charge in [0.15, 0.2) is 0 Å². The fourth-order valence-corrected chi connectivity index (χ4v) is 3.74. The lowest BCUT2D eigenvalue weighted by Crippen LogP contribution is -2.42. The molecule has 0 aromatic rings. The number of carbonyl (C=O) groups excluding carboxylic acids is 1. The second-order valence-electron chi connectivity index (χ2n) is 5.74. The van der Waals surface area contributed by atoms with Gasteiger partial charge in [-0.3, -0.25) is 4.79 Å². The van der Waals surface area contributed by atoms with Crippen LogP contribution >= 0.6 is 0 Å². The van der Waals surface area contributed by atoms with Crippen LogP contribution in [0.25, 0.3) is 0 Å². The van der Waals surface area contributed by atoms with E-state index in [9.17, 15) is 4.79 Å². The summed E-state index contributed by atoms with van der Waals surface area (Å²) in [5.41, 5.74) is 0. The van der Waals surface area contributed by atoms with Gasteiger partial charge in [0.05, 0.1) is 5.92 Å². The van der Waals surface area contributed by atoms with Gasteiger partial charge in [0.25, 0.3) is 0 Å². The Kier molecular flexibility index (Phi) is 2.88. The van der Waals surface area contributed by atoms with Gasteiger partial charge in [0.2, 0.25) is 5.91 Å².